The molecule has 28 heavy (non-hydrogen) atoms. The number of benzene rings is 2. The van der Waals surface area contributed by atoms with Crippen LogP contribution in [-0.4, -0.2) is 41.7 Å². The molecule has 0 unspecified atom stereocenters. The Morgan fingerprint density at radius 1 is 0.643 bits per heavy atom. The van der Waals surface area contributed by atoms with E-state index in [-0.39, 0.29) is 34.0 Å². The molecule has 0 saturated carbocycles. The van der Waals surface area contributed by atoms with Gasteiger partial charge in [0.25, 0.3) is 0 Å². The first kappa shape index (κ1) is 21.5. The summed E-state index contributed by atoms with van der Waals surface area (Å²) in [5.41, 5.74) is 10.5. The van der Waals surface area contributed by atoms with E-state index in [9.17, 15) is 26.4 Å². The number of rotatable bonds is 9. The molecule has 0 fully saturated rings. The molecule has 10 nitrogen and oxygen atoms in total. The maximum Gasteiger partial charge on any atom is 0.248 e. The van der Waals surface area contributed by atoms with Crippen molar-refractivity contribution in [1.29, 1.82) is 0 Å². The Morgan fingerprint density at radius 2 is 0.929 bits per heavy atom. The van der Waals surface area contributed by atoms with Gasteiger partial charge in [0.2, 0.25) is 31.9 Å². The fourth-order valence-electron chi connectivity index (χ4n) is 2.13. The summed E-state index contributed by atoms with van der Waals surface area (Å²) in [6.07, 6.45) is 0. The second kappa shape index (κ2) is 8.48. The minimum atomic E-state index is -3.89. The minimum Gasteiger partial charge on any atom is -0.366 e. The van der Waals surface area contributed by atoms with Crippen LogP contribution in [0.15, 0.2) is 58.3 Å². The van der Waals surface area contributed by atoms with Gasteiger partial charge in [0, 0.05) is 24.2 Å². The normalized spacial score (nSPS) is 11.9. The maximum absolute atomic E-state index is 12.2. The van der Waals surface area contributed by atoms with Gasteiger partial charge in [-0.15, -0.1) is 0 Å². The number of primary amides is 2. The lowest BCUT2D eigenvalue weighted by molar-refractivity contribution is 0.0992. The standard InChI is InChI=1S/C16H18N4O6S2/c17-15(21)11-1-5-13(6-2-11)27(23,24)19-9-10-20-28(25,26)14-7-3-12(4-8-14)16(18)22/h1-8,19-20H,9-10H2,(H2,17,21)(H2,18,22). The molecular formula is C16H18N4O6S2. The lowest BCUT2D eigenvalue weighted by atomic mass is 10.2. The van der Waals surface area contributed by atoms with E-state index in [1.807, 2.05) is 0 Å². The number of sulfonamides is 2. The third kappa shape index (κ3) is 5.36. The van der Waals surface area contributed by atoms with E-state index in [0.717, 1.165) is 0 Å². The Balaban J connectivity index is 1.95. The SMILES string of the molecule is NC(=O)c1ccc(S(=O)(=O)NCCNS(=O)(=O)c2ccc(C(N)=O)cc2)cc1. The van der Waals surface area contributed by atoms with E-state index < -0.39 is 31.9 Å². The molecule has 0 radical (unpaired) electrons. The number of carbonyl (C=O) groups excluding carboxylic acids is 2. The second-order valence-electron chi connectivity index (χ2n) is 5.57. The van der Waals surface area contributed by atoms with Gasteiger partial charge < -0.3 is 11.5 Å². The van der Waals surface area contributed by atoms with E-state index in [2.05, 4.69) is 9.44 Å². The van der Waals surface area contributed by atoms with Crippen LogP contribution in [0.2, 0.25) is 0 Å². The summed E-state index contributed by atoms with van der Waals surface area (Å²) in [7, 11) is -7.78. The van der Waals surface area contributed by atoms with Crippen molar-refractivity contribution in [2.24, 2.45) is 11.5 Å². The first-order chi connectivity index (χ1) is 13.0. The highest BCUT2D eigenvalue weighted by molar-refractivity contribution is 7.89. The molecule has 2 amide bonds. The summed E-state index contributed by atoms with van der Waals surface area (Å²) in [5, 5.41) is 0. The molecule has 6 N–H and O–H groups in total. The van der Waals surface area contributed by atoms with Gasteiger partial charge >= 0.3 is 0 Å². The van der Waals surface area contributed by atoms with Crippen molar-refractivity contribution < 1.29 is 26.4 Å². The first-order valence-electron chi connectivity index (χ1n) is 7.82. The van der Waals surface area contributed by atoms with E-state index in [1.54, 1.807) is 0 Å². The third-order valence-electron chi connectivity index (χ3n) is 3.61. The highest BCUT2D eigenvalue weighted by Gasteiger charge is 2.16. The van der Waals surface area contributed by atoms with Crippen molar-refractivity contribution in [1.82, 2.24) is 9.44 Å². The van der Waals surface area contributed by atoms with Crippen molar-refractivity contribution in [3.63, 3.8) is 0 Å². The molecule has 12 heteroatoms. The summed E-state index contributed by atoms with van der Waals surface area (Å²) < 4.78 is 53.1. The third-order valence-corrected chi connectivity index (χ3v) is 6.56. The highest BCUT2D eigenvalue weighted by atomic mass is 32.2. The van der Waals surface area contributed by atoms with Crippen LogP contribution in [0.1, 0.15) is 20.7 Å². The van der Waals surface area contributed by atoms with Gasteiger partial charge in [-0.1, -0.05) is 0 Å². The number of hydrogen-bond acceptors (Lipinski definition) is 6. The van der Waals surface area contributed by atoms with Gasteiger partial charge in [0.1, 0.15) is 0 Å². The van der Waals surface area contributed by atoms with Crippen LogP contribution in [0.25, 0.3) is 0 Å². The zero-order valence-corrected chi connectivity index (χ0v) is 16.1. The molecule has 0 saturated heterocycles. The zero-order valence-electron chi connectivity index (χ0n) is 14.5. The molecule has 0 heterocycles. The summed E-state index contributed by atoms with van der Waals surface area (Å²) >= 11 is 0. The first-order valence-corrected chi connectivity index (χ1v) is 10.8. The van der Waals surface area contributed by atoms with Gasteiger partial charge in [0.05, 0.1) is 9.79 Å². The van der Waals surface area contributed by atoms with Gasteiger partial charge in [0.15, 0.2) is 0 Å². The van der Waals surface area contributed by atoms with Gasteiger partial charge in [-0.05, 0) is 48.5 Å². The molecule has 0 aliphatic rings. The quantitative estimate of drug-likeness (QED) is 0.379. The molecule has 2 rings (SSSR count). The molecule has 2 aromatic rings. The Bertz CT molecular complexity index is 989. The topological polar surface area (TPSA) is 179 Å². The largest absolute Gasteiger partial charge is 0.366 e. The Morgan fingerprint density at radius 3 is 1.18 bits per heavy atom. The second-order valence-corrected chi connectivity index (χ2v) is 9.11. The number of hydrogen-bond donors (Lipinski definition) is 4. The van der Waals surface area contributed by atoms with Crippen LogP contribution in [0.4, 0.5) is 0 Å². The van der Waals surface area contributed by atoms with E-state index >= 15 is 0 Å². The molecule has 0 atom stereocenters. The molecule has 0 aliphatic heterocycles. The molecular weight excluding hydrogens is 408 g/mol. The molecule has 0 bridgehead atoms. The van der Waals surface area contributed by atoms with Crippen LogP contribution >= 0.6 is 0 Å². The minimum absolute atomic E-state index is 0.0950. The number of nitrogens with one attached hydrogen (secondary N) is 2. The average Bonchev–Trinajstić information content (AvgIpc) is 2.65. The van der Waals surface area contributed by atoms with Crippen LogP contribution in [0, 0.1) is 0 Å². The summed E-state index contributed by atoms with van der Waals surface area (Å²) in [5.74, 6) is -1.37. The van der Waals surface area contributed by atoms with Gasteiger partial charge in [-0.25, -0.2) is 26.3 Å². The summed E-state index contributed by atoms with van der Waals surface area (Å²) in [6.45, 7) is -0.420. The Hall–Kier alpha value is -2.80. The number of amides is 2. The Labute approximate surface area is 162 Å². The smallest absolute Gasteiger partial charge is 0.248 e. The van der Waals surface area contributed by atoms with E-state index in [0.29, 0.717) is 0 Å². The van der Waals surface area contributed by atoms with Crippen LogP contribution in [-0.2, 0) is 20.0 Å². The van der Waals surface area contributed by atoms with E-state index in [1.165, 1.54) is 48.5 Å². The predicted molar refractivity (Wildman–Crippen MR) is 100 cm³/mol. The van der Waals surface area contributed by atoms with Crippen LogP contribution in [0.3, 0.4) is 0 Å². The molecule has 0 aromatic heterocycles. The van der Waals surface area contributed by atoms with Gasteiger partial charge in [-0.3, -0.25) is 9.59 Å². The van der Waals surface area contributed by atoms with Crippen molar-refractivity contribution >= 4 is 31.9 Å². The highest BCUT2D eigenvalue weighted by Crippen LogP contribution is 2.11. The summed E-state index contributed by atoms with van der Waals surface area (Å²) in [6, 6.07) is 9.95. The van der Waals surface area contributed by atoms with Crippen molar-refractivity contribution in [3.05, 3.63) is 59.7 Å². The van der Waals surface area contributed by atoms with Crippen molar-refractivity contribution in [2.75, 3.05) is 13.1 Å². The van der Waals surface area contributed by atoms with Crippen molar-refractivity contribution in [3.8, 4) is 0 Å². The maximum atomic E-state index is 12.2. The van der Waals surface area contributed by atoms with Gasteiger partial charge in [-0.2, -0.15) is 0 Å². The lowest BCUT2D eigenvalue weighted by Gasteiger charge is -2.09. The molecule has 0 aliphatic carbocycles. The molecule has 0 spiro atoms. The zero-order chi connectivity index (χ0) is 20.9. The van der Waals surface area contributed by atoms with Crippen LogP contribution < -0.4 is 20.9 Å². The summed E-state index contributed by atoms with van der Waals surface area (Å²) in [4.78, 5) is 21.8. The Kier molecular flexibility index (Phi) is 6.51. The van der Waals surface area contributed by atoms with Crippen LogP contribution in [0.5, 0.6) is 0 Å². The molecule has 2 aromatic carbocycles. The number of carbonyl (C=O) groups is 2. The average molecular weight is 426 g/mol. The predicted octanol–water partition coefficient (Wildman–Crippen LogP) is -0.859. The fraction of sp³-hybridized carbons (Fsp3) is 0.125. The van der Waals surface area contributed by atoms with Crippen molar-refractivity contribution in [2.45, 2.75) is 9.79 Å². The number of nitrogens with two attached hydrogens (primary N) is 2. The lowest BCUT2D eigenvalue weighted by Crippen LogP contribution is -2.34. The molecule has 150 valence electrons. The monoisotopic (exact) mass is 426 g/mol. The van der Waals surface area contributed by atoms with E-state index in [4.69, 9.17) is 11.5 Å². The fourth-order valence-corrected chi connectivity index (χ4v) is 4.20.